The highest BCUT2D eigenvalue weighted by Crippen LogP contribution is 2.18. The van der Waals surface area contributed by atoms with Gasteiger partial charge >= 0.3 is 0 Å². The number of piperidine rings is 1. The van der Waals surface area contributed by atoms with Crippen LogP contribution in [-0.2, 0) is 10.0 Å². The third-order valence-corrected chi connectivity index (χ3v) is 6.26. The Kier molecular flexibility index (Phi) is 11.9. The van der Waals surface area contributed by atoms with Gasteiger partial charge in [0, 0.05) is 32.2 Å². The predicted molar refractivity (Wildman–Crippen MR) is 130 cm³/mol. The van der Waals surface area contributed by atoms with E-state index in [1.54, 1.807) is 16.4 Å². The lowest BCUT2D eigenvalue weighted by Crippen LogP contribution is -2.44. The molecule has 0 saturated carbocycles. The number of hydrogen-bond donors (Lipinski definition) is 2. The molecule has 10 heteroatoms. The molecule has 1 aliphatic heterocycles. The van der Waals surface area contributed by atoms with Crippen LogP contribution in [0.3, 0.4) is 0 Å². The summed E-state index contributed by atoms with van der Waals surface area (Å²) in [6.45, 7) is 7.08. The molecule has 1 aromatic rings. The lowest BCUT2D eigenvalue weighted by molar-refractivity contribution is 0.205. The van der Waals surface area contributed by atoms with Crippen molar-refractivity contribution in [3.05, 3.63) is 30.1 Å². The topological polar surface area (TPSA) is 83.0 Å². The molecule has 1 aromatic carbocycles. The summed E-state index contributed by atoms with van der Waals surface area (Å²) >= 11 is 0. The number of hydrogen-bond acceptors (Lipinski definition) is 4. The molecule has 30 heavy (non-hydrogen) atoms. The normalized spacial score (nSPS) is 17.1. The fraction of sp³-hybridized carbons (Fsp3) is 0.650. The largest absolute Gasteiger partial charge is 0.488 e. The van der Waals surface area contributed by atoms with Crippen LogP contribution in [0.25, 0.3) is 0 Å². The van der Waals surface area contributed by atoms with E-state index >= 15 is 0 Å². The van der Waals surface area contributed by atoms with Crippen LogP contribution in [-0.4, -0.2) is 63.8 Å². The molecule has 2 rings (SSSR count). The second-order valence-electron chi connectivity index (χ2n) is 7.31. The summed E-state index contributed by atoms with van der Waals surface area (Å²) in [7, 11) is -3.10. The van der Waals surface area contributed by atoms with E-state index in [-0.39, 0.29) is 35.9 Å². The molecule has 0 amide bonds. The summed E-state index contributed by atoms with van der Waals surface area (Å²) in [6.07, 6.45) is 3.53. The lowest BCUT2D eigenvalue weighted by Gasteiger charge is -2.30. The first-order valence-corrected chi connectivity index (χ1v) is 12.1. The Labute approximate surface area is 196 Å². The average Bonchev–Trinajstić information content (AvgIpc) is 2.68. The van der Waals surface area contributed by atoms with Crippen molar-refractivity contribution in [3.8, 4) is 5.75 Å². The van der Waals surface area contributed by atoms with Crippen LogP contribution in [0.1, 0.15) is 33.1 Å². The van der Waals surface area contributed by atoms with E-state index in [1.165, 1.54) is 18.4 Å². The van der Waals surface area contributed by atoms with Crippen molar-refractivity contribution in [3.63, 3.8) is 0 Å². The molecule has 1 saturated heterocycles. The van der Waals surface area contributed by atoms with Gasteiger partial charge in [-0.1, -0.05) is 13.0 Å². The maximum Gasteiger partial charge on any atom is 0.211 e. The summed E-state index contributed by atoms with van der Waals surface area (Å²) in [5.41, 5.74) is 0. The van der Waals surface area contributed by atoms with Crippen LogP contribution < -0.4 is 15.4 Å². The molecule has 1 fully saturated rings. The van der Waals surface area contributed by atoms with E-state index < -0.39 is 10.0 Å². The molecule has 7 nitrogen and oxygen atoms in total. The molecule has 0 spiro atoms. The van der Waals surface area contributed by atoms with Crippen molar-refractivity contribution < 1.29 is 17.5 Å². The Morgan fingerprint density at radius 3 is 2.57 bits per heavy atom. The Morgan fingerprint density at radius 1 is 1.30 bits per heavy atom. The fourth-order valence-electron chi connectivity index (χ4n) is 3.20. The Bertz CT molecular complexity index is 771. The summed E-state index contributed by atoms with van der Waals surface area (Å²) in [4.78, 5) is 4.61. The Hall–Kier alpha value is -1.14. The SMILES string of the molecule is CCNC(=NCC(CC)Oc1cccc(F)c1)NCC1CCN(S(C)(=O)=O)CC1.I. The van der Waals surface area contributed by atoms with Gasteiger partial charge in [0.05, 0.1) is 12.8 Å². The first-order valence-electron chi connectivity index (χ1n) is 10.2. The highest BCUT2D eigenvalue weighted by molar-refractivity contribution is 14.0. The number of guanidine groups is 1. The van der Waals surface area contributed by atoms with Crippen LogP contribution in [0.5, 0.6) is 5.75 Å². The van der Waals surface area contributed by atoms with Crippen LogP contribution in [0.2, 0.25) is 0 Å². The van der Waals surface area contributed by atoms with E-state index in [2.05, 4.69) is 15.6 Å². The van der Waals surface area contributed by atoms with Crippen LogP contribution in [0.4, 0.5) is 4.39 Å². The van der Waals surface area contributed by atoms with Gasteiger partial charge in [0.1, 0.15) is 17.7 Å². The second-order valence-corrected chi connectivity index (χ2v) is 9.29. The maximum atomic E-state index is 13.3. The molecular formula is C20H34FIN4O3S. The van der Waals surface area contributed by atoms with Crippen LogP contribution in [0.15, 0.2) is 29.3 Å². The average molecular weight is 556 g/mol. The van der Waals surface area contributed by atoms with Gasteiger partial charge in [0.25, 0.3) is 0 Å². The molecule has 1 aliphatic rings. The van der Waals surface area contributed by atoms with Crippen molar-refractivity contribution in [1.29, 1.82) is 0 Å². The second kappa shape index (κ2) is 13.3. The summed E-state index contributed by atoms with van der Waals surface area (Å²) in [6, 6.07) is 6.13. The van der Waals surface area contributed by atoms with Crippen molar-refractivity contribution in [1.82, 2.24) is 14.9 Å². The van der Waals surface area contributed by atoms with Gasteiger partial charge in [0.15, 0.2) is 5.96 Å². The third kappa shape index (κ3) is 9.34. The van der Waals surface area contributed by atoms with Crippen molar-refractivity contribution in [2.24, 2.45) is 10.9 Å². The molecule has 0 aliphatic carbocycles. The number of nitrogens with zero attached hydrogens (tertiary/aromatic N) is 2. The molecule has 1 atom stereocenters. The monoisotopic (exact) mass is 556 g/mol. The van der Waals surface area contributed by atoms with Crippen molar-refractivity contribution in [2.75, 3.05) is 39.0 Å². The molecule has 2 N–H and O–H groups in total. The summed E-state index contributed by atoms with van der Waals surface area (Å²) in [5, 5.41) is 6.58. The number of halogens is 2. The predicted octanol–water partition coefficient (Wildman–Crippen LogP) is 2.83. The first-order chi connectivity index (χ1) is 13.8. The summed E-state index contributed by atoms with van der Waals surface area (Å²) < 4.78 is 44.0. The minimum absolute atomic E-state index is 0. The molecule has 1 unspecified atom stereocenters. The number of rotatable bonds is 9. The van der Waals surface area contributed by atoms with Gasteiger partial charge in [-0.2, -0.15) is 0 Å². The highest BCUT2D eigenvalue weighted by atomic mass is 127. The number of sulfonamides is 1. The molecule has 1 heterocycles. The minimum Gasteiger partial charge on any atom is -0.488 e. The van der Waals surface area contributed by atoms with Crippen molar-refractivity contribution >= 4 is 40.0 Å². The van der Waals surface area contributed by atoms with Gasteiger partial charge in [-0.3, -0.25) is 0 Å². The highest BCUT2D eigenvalue weighted by Gasteiger charge is 2.24. The van der Waals surface area contributed by atoms with Gasteiger partial charge in [-0.25, -0.2) is 22.1 Å². The molecule has 0 bridgehead atoms. The zero-order chi connectivity index (χ0) is 21.3. The van der Waals surface area contributed by atoms with E-state index in [1.807, 2.05) is 13.8 Å². The zero-order valence-corrected chi connectivity index (χ0v) is 21.1. The van der Waals surface area contributed by atoms with E-state index in [4.69, 9.17) is 4.74 Å². The van der Waals surface area contributed by atoms with Crippen LogP contribution >= 0.6 is 24.0 Å². The maximum absolute atomic E-state index is 13.3. The standard InChI is InChI=1S/C20H33FN4O3S.HI/c1-4-18(28-19-8-6-7-17(21)13-19)15-24-20(22-5-2)23-14-16-9-11-25(12-10-16)29(3,26)27;/h6-8,13,16,18H,4-5,9-12,14-15H2,1-3H3,(H2,22,23,24);1H. The fourth-order valence-corrected chi connectivity index (χ4v) is 4.08. The quantitative estimate of drug-likeness (QED) is 0.278. The zero-order valence-electron chi connectivity index (χ0n) is 17.9. The third-order valence-electron chi connectivity index (χ3n) is 4.95. The van der Waals surface area contributed by atoms with Gasteiger partial charge in [-0.15, -0.1) is 24.0 Å². The lowest BCUT2D eigenvalue weighted by atomic mass is 9.98. The van der Waals surface area contributed by atoms with Crippen LogP contribution in [0, 0.1) is 11.7 Å². The number of ether oxygens (including phenoxy) is 1. The number of nitrogens with one attached hydrogen (secondary N) is 2. The minimum atomic E-state index is -3.10. The molecular weight excluding hydrogens is 522 g/mol. The van der Waals surface area contributed by atoms with E-state index in [0.717, 1.165) is 32.4 Å². The van der Waals surface area contributed by atoms with E-state index in [0.29, 0.717) is 37.3 Å². The van der Waals surface area contributed by atoms with Gasteiger partial charge in [-0.05, 0) is 44.2 Å². The molecule has 0 aromatic heterocycles. The van der Waals surface area contributed by atoms with Gasteiger partial charge < -0.3 is 15.4 Å². The molecule has 0 radical (unpaired) electrons. The van der Waals surface area contributed by atoms with E-state index in [9.17, 15) is 12.8 Å². The Morgan fingerprint density at radius 2 is 2.00 bits per heavy atom. The van der Waals surface area contributed by atoms with Gasteiger partial charge in [0.2, 0.25) is 10.0 Å². The Balaban J connectivity index is 0.00000450. The first kappa shape index (κ1) is 26.9. The number of aliphatic imine (C=N–C) groups is 1. The molecule has 172 valence electrons. The van der Waals surface area contributed by atoms with Crippen molar-refractivity contribution in [2.45, 2.75) is 39.2 Å². The number of benzene rings is 1. The smallest absolute Gasteiger partial charge is 0.211 e. The summed E-state index contributed by atoms with van der Waals surface area (Å²) in [5.74, 6) is 1.29.